The van der Waals surface area contributed by atoms with E-state index >= 15 is 0 Å². The highest BCUT2D eigenvalue weighted by molar-refractivity contribution is 5.46. The summed E-state index contributed by atoms with van der Waals surface area (Å²) < 4.78 is 18.9. The summed E-state index contributed by atoms with van der Waals surface area (Å²) in [5.41, 5.74) is 8.39. The van der Waals surface area contributed by atoms with Gasteiger partial charge in [-0.25, -0.2) is 4.39 Å². The minimum absolute atomic E-state index is 0.352. The topological polar surface area (TPSA) is 35.2 Å². The second-order valence-corrected chi connectivity index (χ2v) is 5.00. The van der Waals surface area contributed by atoms with Gasteiger partial charge in [0.2, 0.25) is 0 Å². The molecule has 0 aliphatic heterocycles. The van der Waals surface area contributed by atoms with Gasteiger partial charge in [-0.2, -0.15) is 0 Å². The first-order valence-corrected chi connectivity index (χ1v) is 6.30. The van der Waals surface area contributed by atoms with Crippen LogP contribution in [0.5, 0.6) is 11.5 Å². The molecule has 0 unspecified atom stereocenters. The highest BCUT2D eigenvalue weighted by Gasteiger charge is 2.06. The van der Waals surface area contributed by atoms with Crippen LogP contribution in [-0.2, 0) is 0 Å². The van der Waals surface area contributed by atoms with E-state index in [-0.39, 0.29) is 0 Å². The molecule has 2 aromatic carbocycles. The van der Waals surface area contributed by atoms with Gasteiger partial charge in [0, 0.05) is 17.8 Å². The van der Waals surface area contributed by atoms with Crippen molar-refractivity contribution >= 4 is 5.69 Å². The molecule has 0 radical (unpaired) electrons. The van der Waals surface area contributed by atoms with Crippen molar-refractivity contribution in [2.75, 3.05) is 5.73 Å². The second kappa shape index (κ2) is 5.31. The number of nitrogens with two attached hydrogens (primary N) is 1. The number of rotatable bonds is 3. The van der Waals surface area contributed by atoms with E-state index in [4.69, 9.17) is 10.5 Å². The van der Waals surface area contributed by atoms with Crippen LogP contribution in [0.2, 0.25) is 0 Å². The summed E-state index contributed by atoms with van der Waals surface area (Å²) in [4.78, 5) is 0. The van der Waals surface area contributed by atoms with Gasteiger partial charge in [-0.3, -0.25) is 0 Å². The Labute approximate surface area is 113 Å². The number of anilines is 1. The van der Waals surface area contributed by atoms with Crippen molar-refractivity contribution in [3.8, 4) is 11.5 Å². The van der Waals surface area contributed by atoms with Crippen LogP contribution in [-0.4, -0.2) is 0 Å². The molecule has 2 rings (SSSR count). The van der Waals surface area contributed by atoms with Crippen LogP contribution >= 0.6 is 0 Å². The third-order valence-corrected chi connectivity index (χ3v) is 2.99. The SMILES string of the molecule is Cc1cc(Oc2cc(N)cc(F)c2)ccc1C(C)C. The molecule has 2 aromatic rings. The molecule has 0 fully saturated rings. The van der Waals surface area contributed by atoms with E-state index < -0.39 is 5.82 Å². The lowest BCUT2D eigenvalue weighted by molar-refractivity contribution is 0.476. The second-order valence-electron chi connectivity index (χ2n) is 5.00. The van der Waals surface area contributed by atoms with E-state index in [0.717, 1.165) is 5.56 Å². The zero-order valence-electron chi connectivity index (χ0n) is 11.4. The van der Waals surface area contributed by atoms with Crippen LogP contribution in [0.15, 0.2) is 36.4 Å². The van der Waals surface area contributed by atoms with E-state index in [1.54, 1.807) is 6.07 Å². The number of hydrogen-bond donors (Lipinski definition) is 1. The van der Waals surface area contributed by atoms with Crippen LogP contribution in [0, 0.1) is 12.7 Å². The van der Waals surface area contributed by atoms with Crippen LogP contribution < -0.4 is 10.5 Å². The molecule has 19 heavy (non-hydrogen) atoms. The van der Waals surface area contributed by atoms with Crippen molar-refractivity contribution in [2.24, 2.45) is 0 Å². The van der Waals surface area contributed by atoms with Crippen molar-refractivity contribution in [1.82, 2.24) is 0 Å². The molecule has 0 aliphatic carbocycles. The number of ether oxygens (including phenoxy) is 1. The number of aryl methyl sites for hydroxylation is 1. The van der Waals surface area contributed by atoms with Crippen LogP contribution in [0.4, 0.5) is 10.1 Å². The van der Waals surface area contributed by atoms with Gasteiger partial charge in [0.15, 0.2) is 0 Å². The maximum Gasteiger partial charge on any atom is 0.132 e. The van der Waals surface area contributed by atoms with E-state index in [1.807, 2.05) is 25.1 Å². The summed E-state index contributed by atoms with van der Waals surface area (Å²) in [7, 11) is 0. The smallest absolute Gasteiger partial charge is 0.132 e. The molecule has 100 valence electrons. The quantitative estimate of drug-likeness (QED) is 0.815. The summed E-state index contributed by atoms with van der Waals surface area (Å²) >= 11 is 0. The van der Waals surface area contributed by atoms with Gasteiger partial charge in [-0.05, 0) is 42.2 Å². The normalized spacial score (nSPS) is 10.8. The fraction of sp³-hybridized carbons (Fsp3) is 0.250. The standard InChI is InChI=1S/C16H18FNO/c1-10(2)16-5-4-14(6-11(16)3)19-15-8-12(17)7-13(18)9-15/h4-10H,18H2,1-3H3. The Morgan fingerprint density at radius 1 is 1.05 bits per heavy atom. The molecule has 2 N–H and O–H groups in total. The average molecular weight is 259 g/mol. The van der Waals surface area contributed by atoms with Gasteiger partial charge in [0.1, 0.15) is 17.3 Å². The van der Waals surface area contributed by atoms with Crippen molar-refractivity contribution in [3.63, 3.8) is 0 Å². The minimum Gasteiger partial charge on any atom is -0.457 e. The molecule has 0 amide bonds. The summed E-state index contributed by atoms with van der Waals surface area (Å²) in [6, 6.07) is 10.1. The third-order valence-electron chi connectivity index (χ3n) is 2.99. The van der Waals surface area contributed by atoms with E-state index in [0.29, 0.717) is 23.1 Å². The number of nitrogen functional groups attached to an aromatic ring is 1. The van der Waals surface area contributed by atoms with Crippen LogP contribution in [0.25, 0.3) is 0 Å². The Hall–Kier alpha value is -2.03. The maximum atomic E-state index is 13.2. The minimum atomic E-state index is -0.398. The Morgan fingerprint density at radius 2 is 1.79 bits per heavy atom. The Bertz CT molecular complexity index is 573. The Balaban J connectivity index is 2.26. The van der Waals surface area contributed by atoms with Gasteiger partial charge in [0.05, 0.1) is 0 Å². The Kier molecular flexibility index (Phi) is 3.74. The first kappa shape index (κ1) is 13.4. The van der Waals surface area contributed by atoms with Gasteiger partial charge in [0.25, 0.3) is 0 Å². The number of benzene rings is 2. The molecular formula is C16H18FNO. The molecule has 0 heterocycles. The molecule has 0 aliphatic rings. The van der Waals surface area contributed by atoms with Crippen molar-refractivity contribution in [3.05, 3.63) is 53.3 Å². The zero-order chi connectivity index (χ0) is 14.0. The monoisotopic (exact) mass is 259 g/mol. The lowest BCUT2D eigenvalue weighted by Gasteiger charge is -2.12. The maximum absolute atomic E-state index is 13.2. The molecular weight excluding hydrogens is 241 g/mol. The summed E-state index contributed by atoms with van der Waals surface area (Å²) in [5.74, 6) is 1.17. The summed E-state index contributed by atoms with van der Waals surface area (Å²) in [6.07, 6.45) is 0. The molecule has 0 atom stereocenters. The molecule has 3 heteroatoms. The van der Waals surface area contributed by atoms with Crippen LogP contribution in [0.3, 0.4) is 0 Å². The van der Waals surface area contributed by atoms with Gasteiger partial charge >= 0.3 is 0 Å². The molecule has 0 saturated carbocycles. The Morgan fingerprint density at radius 3 is 2.37 bits per heavy atom. The lowest BCUT2D eigenvalue weighted by atomic mass is 9.98. The summed E-state index contributed by atoms with van der Waals surface area (Å²) in [6.45, 7) is 6.34. The highest BCUT2D eigenvalue weighted by atomic mass is 19.1. The van der Waals surface area contributed by atoms with Gasteiger partial charge < -0.3 is 10.5 Å². The molecule has 0 spiro atoms. The van der Waals surface area contributed by atoms with E-state index in [1.165, 1.54) is 17.7 Å². The summed E-state index contributed by atoms with van der Waals surface area (Å²) in [5, 5.41) is 0. The first-order chi connectivity index (χ1) is 8.95. The molecule has 0 bridgehead atoms. The van der Waals surface area contributed by atoms with Crippen molar-refractivity contribution < 1.29 is 9.13 Å². The lowest BCUT2D eigenvalue weighted by Crippen LogP contribution is -1.94. The first-order valence-electron chi connectivity index (χ1n) is 6.30. The molecule has 0 aromatic heterocycles. The average Bonchev–Trinajstić information content (AvgIpc) is 2.26. The number of hydrogen-bond acceptors (Lipinski definition) is 2. The van der Waals surface area contributed by atoms with Crippen LogP contribution in [0.1, 0.15) is 30.9 Å². The third kappa shape index (κ3) is 3.25. The fourth-order valence-corrected chi connectivity index (χ4v) is 2.14. The van der Waals surface area contributed by atoms with E-state index in [2.05, 4.69) is 13.8 Å². The molecule has 2 nitrogen and oxygen atoms in total. The predicted octanol–water partition coefficient (Wildman–Crippen LogP) is 4.63. The number of halogens is 1. The van der Waals surface area contributed by atoms with Crippen molar-refractivity contribution in [1.29, 1.82) is 0 Å². The fourth-order valence-electron chi connectivity index (χ4n) is 2.14. The zero-order valence-corrected chi connectivity index (χ0v) is 11.4. The van der Waals surface area contributed by atoms with E-state index in [9.17, 15) is 4.39 Å². The highest BCUT2D eigenvalue weighted by Crippen LogP contribution is 2.28. The predicted molar refractivity (Wildman–Crippen MR) is 76.2 cm³/mol. The van der Waals surface area contributed by atoms with Gasteiger partial charge in [-0.1, -0.05) is 19.9 Å². The van der Waals surface area contributed by atoms with Gasteiger partial charge in [-0.15, -0.1) is 0 Å². The molecule has 0 saturated heterocycles. The van der Waals surface area contributed by atoms with Crippen molar-refractivity contribution in [2.45, 2.75) is 26.7 Å². The largest absolute Gasteiger partial charge is 0.457 e.